The molecule has 0 aromatic heterocycles. The van der Waals surface area contributed by atoms with Crippen molar-refractivity contribution in [1.29, 1.82) is 0 Å². The first-order valence-corrected chi connectivity index (χ1v) is 5.74. The van der Waals surface area contributed by atoms with Gasteiger partial charge in [-0.25, -0.2) is 0 Å². The first-order chi connectivity index (χ1) is 7.97. The van der Waals surface area contributed by atoms with Crippen LogP contribution in [0.25, 0.3) is 0 Å². The van der Waals surface area contributed by atoms with Crippen molar-refractivity contribution in [2.75, 3.05) is 6.54 Å². The average Bonchev–Trinajstić information content (AvgIpc) is 2.42. The molecule has 1 aliphatic rings. The topological polar surface area (TPSA) is 12.0 Å². The summed E-state index contributed by atoms with van der Waals surface area (Å²) in [6.45, 7) is 2.19. The minimum absolute atomic E-state index is 1.05. The van der Waals surface area contributed by atoms with E-state index in [4.69, 9.17) is 0 Å². The number of nitrogens with one attached hydrogen (secondary N) is 1. The largest absolute Gasteiger partial charge is 0.312 e. The smallest absolute Gasteiger partial charge is 0.0208 e. The molecule has 0 saturated carbocycles. The second-order valence-electron chi connectivity index (χ2n) is 3.85. The van der Waals surface area contributed by atoms with Gasteiger partial charge >= 0.3 is 0 Å². The Morgan fingerprint density at radius 2 is 1.25 bits per heavy atom. The lowest BCUT2D eigenvalue weighted by Gasteiger charge is -2.15. The third-order valence-electron chi connectivity index (χ3n) is 2.67. The molecule has 1 heteroatoms. The van der Waals surface area contributed by atoms with Crippen LogP contribution in [0.3, 0.4) is 0 Å². The van der Waals surface area contributed by atoms with Crippen LogP contribution in [0.2, 0.25) is 0 Å². The van der Waals surface area contributed by atoms with Crippen LogP contribution in [0.4, 0.5) is 0 Å². The zero-order valence-corrected chi connectivity index (χ0v) is 9.39. The normalized spacial score (nSPS) is 13.2. The molecule has 0 saturated heterocycles. The lowest BCUT2D eigenvalue weighted by atomic mass is 10.0. The molecule has 1 heterocycles. The zero-order valence-electron chi connectivity index (χ0n) is 9.39. The highest BCUT2D eigenvalue weighted by Gasteiger charge is 2.05. The van der Waals surface area contributed by atoms with Gasteiger partial charge in [0.25, 0.3) is 0 Å². The van der Waals surface area contributed by atoms with Crippen LogP contribution in [0.1, 0.15) is 11.1 Å². The summed E-state index contributed by atoms with van der Waals surface area (Å²) in [6, 6.07) is 20.6. The number of benzene rings is 2. The van der Waals surface area contributed by atoms with Crippen LogP contribution in [0.5, 0.6) is 0 Å². The molecule has 0 spiro atoms. The maximum absolute atomic E-state index is 3.34. The Balaban J connectivity index is 0.000000138. The summed E-state index contributed by atoms with van der Waals surface area (Å²) in [7, 11) is 0. The summed E-state index contributed by atoms with van der Waals surface area (Å²) in [5.41, 5.74) is 2.98. The van der Waals surface area contributed by atoms with Gasteiger partial charge in [-0.15, -0.1) is 0 Å². The van der Waals surface area contributed by atoms with E-state index in [1.54, 1.807) is 0 Å². The molecule has 0 amide bonds. The molecule has 0 radical (unpaired) electrons. The minimum Gasteiger partial charge on any atom is -0.312 e. The first kappa shape index (κ1) is 10.9. The molecule has 0 fully saturated rings. The molecule has 2 aromatic carbocycles. The van der Waals surface area contributed by atoms with Gasteiger partial charge in [-0.3, -0.25) is 0 Å². The van der Waals surface area contributed by atoms with Crippen molar-refractivity contribution in [3.63, 3.8) is 0 Å². The van der Waals surface area contributed by atoms with Gasteiger partial charge in [0.1, 0.15) is 0 Å². The van der Waals surface area contributed by atoms with Gasteiger partial charge in [-0.2, -0.15) is 0 Å². The van der Waals surface area contributed by atoms with E-state index in [2.05, 4.69) is 29.6 Å². The third kappa shape index (κ3) is 3.21. The number of hydrogen-bond donors (Lipinski definition) is 1. The van der Waals surface area contributed by atoms with Gasteiger partial charge in [0.2, 0.25) is 0 Å². The standard InChI is InChI=1S/C9H11N.C6H6/c1-2-4-9-7-10-6-5-8(9)3-1;1-2-4-6-5-3-1/h1-4,10H,5-7H2;1-6H. The van der Waals surface area contributed by atoms with Crippen LogP contribution in [0.15, 0.2) is 60.7 Å². The van der Waals surface area contributed by atoms with E-state index < -0.39 is 0 Å². The molecule has 82 valence electrons. The van der Waals surface area contributed by atoms with E-state index in [0.717, 1.165) is 13.1 Å². The monoisotopic (exact) mass is 211 g/mol. The van der Waals surface area contributed by atoms with E-state index in [-0.39, 0.29) is 0 Å². The van der Waals surface area contributed by atoms with Crippen molar-refractivity contribution in [2.45, 2.75) is 13.0 Å². The molecule has 1 N–H and O–H groups in total. The van der Waals surface area contributed by atoms with Crippen LogP contribution in [-0.4, -0.2) is 6.54 Å². The predicted octanol–water partition coefficient (Wildman–Crippen LogP) is 3.02. The molecule has 2 aromatic rings. The summed E-state index contributed by atoms with van der Waals surface area (Å²) in [5, 5.41) is 3.34. The molecule has 1 nitrogen and oxygen atoms in total. The highest BCUT2D eigenvalue weighted by molar-refractivity contribution is 5.28. The van der Waals surface area contributed by atoms with Crippen LogP contribution in [0, 0.1) is 0 Å². The van der Waals surface area contributed by atoms with Crippen LogP contribution < -0.4 is 5.32 Å². The van der Waals surface area contributed by atoms with E-state index in [1.807, 2.05) is 36.4 Å². The van der Waals surface area contributed by atoms with Gasteiger partial charge in [0, 0.05) is 6.54 Å². The molecular formula is C15H17N. The Kier molecular flexibility index (Phi) is 4.15. The fourth-order valence-corrected chi connectivity index (χ4v) is 1.80. The average molecular weight is 211 g/mol. The second kappa shape index (κ2) is 6.09. The lowest BCUT2D eigenvalue weighted by molar-refractivity contribution is 0.644. The van der Waals surface area contributed by atoms with Crippen molar-refractivity contribution in [1.82, 2.24) is 5.32 Å². The highest BCUT2D eigenvalue weighted by Crippen LogP contribution is 2.11. The Bertz CT molecular complexity index is 357. The number of hydrogen-bond acceptors (Lipinski definition) is 1. The van der Waals surface area contributed by atoms with Crippen LogP contribution >= 0.6 is 0 Å². The summed E-state index contributed by atoms with van der Waals surface area (Å²) >= 11 is 0. The minimum atomic E-state index is 1.05. The Hall–Kier alpha value is -1.60. The predicted molar refractivity (Wildman–Crippen MR) is 68.3 cm³/mol. The summed E-state index contributed by atoms with van der Waals surface area (Å²) in [4.78, 5) is 0. The van der Waals surface area contributed by atoms with Gasteiger partial charge in [-0.05, 0) is 24.1 Å². The number of rotatable bonds is 0. The molecule has 0 bridgehead atoms. The van der Waals surface area contributed by atoms with E-state index in [9.17, 15) is 0 Å². The zero-order chi connectivity index (χ0) is 11.1. The summed E-state index contributed by atoms with van der Waals surface area (Å²) in [6.07, 6.45) is 1.19. The molecule has 0 atom stereocenters. The van der Waals surface area contributed by atoms with Gasteiger partial charge in [-0.1, -0.05) is 60.7 Å². The first-order valence-electron chi connectivity index (χ1n) is 5.74. The Labute approximate surface area is 97.1 Å². The fraction of sp³-hybridized carbons (Fsp3) is 0.200. The van der Waals surface area contributed by atoms with Crippen molar-refractivity contribution in [2.24, 2.45) is 0 Å². The Morgan fingerprint density at radius 1 is 0.688 bits per heavy atom. The summed E-state index contributed by atoms with van der Waals surface area (Å²) < 4.78 is 0. The molecule has 0 unspecified atom stereocenters. The van der Waals surface area contributed by atoms with Crippen molar-refractivity contribution in [3.8, 4) is 0 Å². The maximum Gasteiger partial charge on any atom is 0.0208 e. The summed E-state index contributed by atoms with van der Waals surface area (Å²) in [5.74, 6) is 0. The van der Waals surface area contributed by atoms with Crippen LogP contribution in [-0.2, 0) is 13.0 Å². The van der Waals surface area contributed by atoms with Gasteiger partial charge in [0.05, 0.1) is 0 Å². The second-order valence-corrected chi connectivity index (χ2v) is 3.85. The van der Waals surface area contributed by atoms with E-state index in [1.165, 1.54) is 17.5 Å². The Morgan fingerprint density at radius 3 is 1.81 bits per heavy atom. The van der Waals surface area contributed by atoms with Crippen molar-refractivity contribution >= 4 is 0 Å². The van der Waals surface area contributed by atoms with Crippen molar-refractivity contribution in [3.05, 3.63) is 71.8 Å². The third-order valence-corrected chi connectivity index (χ3v) is 2.67. The van der Waals surface area contributed by atoms with E-state index in [0.29, 0.717) is 0 Å². The van der Waals surface area contributed by atoms with Crippen molar-refractivity contribution < 1.29 is 0 Å². The number of fused-ring (bicyclic) bond motifs is 1. The molecule has 3 rings (SSSR count). The quantitative estimate of drug-likeness (QED) is 0.706. The van der Waals surface area contributed by atoms with Gasteiger partial charge < -0.3 is 5.32 Å². The molecular weight excluding hydrogens is 194 g/mol. The maximum atomic E-state index is 3.34. The molecule has 16 heavy (non-hydrogen) atoms. The molecule has 1 aliphatic heterocycles. The molecule has 0 aliphatic carbocycles. The SMILES string of the molecule is c1ccc2c(c1)CCNC2.c1ccccc1. The lowest BCUT2D eigenvalue weighted by Crippen LogP contribution is -2.23. The van der Waals surface area contributed by atoms with Gasteiger partial charge in [0.15, 0.2) is 0 Å². The highest BCUT2D eigenvalue weighted by atomic mass is 14.9. The fourth-order valence-electron chi connectivity index (χ4n) is 1.80. The van der Waals surface area contributed by atoms with E-state index >= 15 is 0 Å².